The van der Waals surface area contributed by atoms with Crippen LogP contribution in [0.5, 0.6) is 5.75 Å². The number of hydrogen-bond acceptors (Lipinski definition) is 3. The lowest BCUT2D eigenvalue weighted by Crippen LogP contribution is -2.22. The number of rotatable bonds is 7. The van der Waals surface area contributed by atoms with Gasteiger partial charge in [0.15, 0.2) is 6.61 Å². The maximum atomic E-state index is 13.1. The number of ether oxygens (including phenoxy) is 1. The minimum atomic E-state index is -4.73. The largest absolute Gasteiger partial charge is 0.484 e. The molecule has 28 heavy (non-hydrogen) atoms. The summed E-state index contributed by atoms with van der Waals surface area (Å²) < 4.78 is 56.9. The van der Waals surface area contributed by atoms with Crippen LogP contribution in [0, 0.1) is 5.82 Å². The molecule has 0 saturated heterocycles. The second kappa shape index (κ2) is 9.03. The molecule has 2 amide bonds. The topological polar surface area (TPSA) is 81.4 Å². The van der Waals surface area contributed by atoms with Gasteiger partial charge in [0.2, 0.25) is 5.91 Å². The molecule has 0 aromatic heterocycles. The Labute approximate surface area is 157 Å². The van der Waals surface area contributed by atoms with E-state index >= 15 is 0 Å². The molecule has 0 fully saturated rings. The van der Waals surface area contributed by atoms with E-state index in [0.717, 1.165) is 18.2 Å². The molecule has 2 aromatic carbocycles. The third-order valence-corrected chi connectivity index (χ3v) is 3.52. The number of nitrogens with two attached hydrogens (primary N) is 1. The van der Waals surface area contributed by atoms with Crippen LogP contribution < -0.4 is 15.8 Å². The Morgan fingerprint density at radius 1 is 1.11 bits per heavy atom. The van der Waals surface area contributed by atoms with Crippen LogP contribution >= 0.6 is 0 Å². The molecule has 0 aliphatic heterocycles. The number of carbonyl (C=O) groups is 2. The Bertz CT molecular complexity index is 878. The van der Waals surface area contributed by atoms with E-state index in [0.29, 0.717) is 17.4 Å². The monoisotopic (exact) mass is 396 g/mol. The lowest BCUT2D eigenvalue weighted by Gasteiger charge is -2.13. The Balaban J connectivity index is 1.95. The average molecular weight is 396 g/mol. The van der Waals surface area contributed by atoms with E-state index in [-0.39, 0.29) is 12.2 Å². The Morgan fingerprint density at radius 3 is 2.39 bits per heavy atom. The summed E-state index contributed by atoms with van der Waals surface area (Å²) in [5.74, 6) is -1.83. The zero-order valence-electron chi connectivity index (χ0n) is 14.4. The molecule has 3 N–H and O–H groups in total. The average Bonchev–Trinajstić information content (AvgIpc) is 2.63. The normalized spacial score (nSPS) is 11.4. The zero-order chi connectivity index (χ0) is 20.7. The van der Waals surface area contributed by atoms with E-state index in [1.54, 1.807) is 24.3 Å². The van der Waals surface area contributed by atoms with Crippen LogP contribution in [0.1, 0.15) is 16.7 Å². The minimum absolute atomic E-state index is 0.244. The van der Waals surface area contributed by atoms with Crippen molar-refractivity contribution in [3.05, 3.63) is 71.0 Å². The van der Waals surface area contributed by atoms with Crippen LogP contribution in [0.4, 0.5) is 17.6 Å². The van der Waals surface area contributed by atoms with Gasteiger partial charge in [-0.25, -0.2) is 4.39 Å². The smallest absolute Gasteiger partial charge is 0.416 e. The van der Waals surface area contributed by atoms with Crippen LogP contribution in [0.25, 0.3) is 6.08 Å². The van der Waals surface area contributed by atoms with Gasteiger partial charge in [-0.15, -0.1) is 0 Å². The standard InChI is InChI=1S/C19H16F4N2O3/c20-14-5-4-13(16(9-14)19(21,22)23)10-25-18(27)8-3-12-1-6-15(7-2-12)28-11-17(24)26/h1-9H,10-11H2,(H2,24,26)(H,25,27). The van der Waals surface area contributed by atoms with E-state index in [9.17, 15) is 27.2 Å². The number of halogens is 4. The number of hydrogen-bond donors (Lipinski definition) is 2. The van der Waals surface area contributed by atoms with Crippen molar-refractivity contribution in [3.63, 3.8) is 0 Å². The van der Waals surface area contributed by atoms with Crippen molar-refractivity contribution in [1.29, 1.82) is 0 Å². The maximum absolute atomic E-state index is 13.1. The van der Waals surface area contributed by atoms with Gasteiger partial charge in [-0.3, -0.25) is 9.59 Å². The molecule has 0 atom stereocenters. The molecule has 0 saturated carbocycles. The SMILES string of the molecule is NC(=O)COc1ccc(C=CC(=O)NCc2ccc(F)cc2C(F)(F)F)cc1. The van der Waals surface area contributed by atoms with Gasteiger partial charge >= 0.3 is 6.18 Å². The number of nitrogens with one attached hydrogen (secondary N) is 1. The molecule has 0 heterocycles. The van der Waals surface area contributed by atoms with Gasteiger partial charge in [0.25, 0.3) is 5.91 Å². The molecule has 9 heteroatoms. The van der Waals surface area contributed by atoms with Crippen molar-refractivity contribution in [2.24, 2.45) is 5.73 Å². The Morgan fingerprint density at radius 2 is 1.79 bits per heavy atom. The van der Waals surface area contributed by atoms with Crippen molar-refractivity contribution in [2.75, 3.05) is 6.61 Å². The van der Waals surface area contributed by atoms with Gasteiger partial charge in [-0.1, -0.05) is 18.2 Å². The molecule has 5 nitrogen and oxygen atoms in total. The highest BCUT2D eigenvalue weighted by molar-refractivity contribution is 5.91. The van der Waals surface area contributed by atoms with E-state index < -0.39 is 35.9 Å². The van der Waals surface area contributed by atoms with Crippen molar-refractivity contribution < 1.29 is 31.9 Å². The molecular formula is C19H16F4N2O3. The molecule has 0 aliphatic rings. The summed E-state index contributed by atoms with van der Waals surface area (Å²) in [6.07, 6.45) is -2.13. The fourth-order valence-corrected chi connectivity index (χ4v) is 2.21. The highest BCUT2D eigenvalue weighted by Gasteiger charge is 2.33. The van der Waals surface area contributed by atoms with Crippen molar-refractivity contribution in [1.82, 2.24) is 5.32 Å². The molecule has 0 aliphatic carbocycles. The van der Waals surface area contributed by atoms with E-state index in [4.69, 9.17) is 10.5 Å². The first-order valence-electron chi connectivity index (χ1n) is 7.98. The summed E-state index contributed by atoms with van der Waals surface area (Å²) in [5.41, 5.74) is 4.21. The van der Waals surface area contributed by atoms with Crippen LogP contribution in [-0.4, -0.2) is 18.4 Å². The molecule has 2 rings (SSSR count). The van der Waals surface area contributed by atoms with Crippen LogP contribution in [0.2, 0.25) is 0 Å². The van der Waals surface area contributed by atoms with Crippen molar-refractivity contribution in [3.8, 4) is 5.75 Å². The molecular weight excluding hydrogens is 380 g/mol. The molecule has 0 radical (unpaired) electrons. The predicted molar refractivity (Wildman–Crippen MR) is 93.4 cm³/mol. The fraction of sp³-hybridized carbons (Fsp3) is 0.158. The number of benzene rings is 2. The summed E-state index contributed by atoms with van der Waals surface area (Å²) >= 11 is 0. The van der Waals surface area contributed by atoms with Crippen LogP contribution in [0.15, 0.2) is 48.5 Å². The number of amides is 2. The summed E-state index contributed by atoms with van der Waals surface area (Å²) in [4.78, 5) is 22.5. The minimum Gasteiger partial charge on any atom is -0.484 e. The van der Waals surface area contributed by atoms with E-state index in [1.165, 1.54) is 6.08 Å². The van der Waals surface area contributed by atoms with Gasteiger partial charge < -0.3 is 15.8 Å². The Hall–Kier alpha value is -3.36. The second-order valence-corrected chi connectivity index (χ2v) is 5.67. The molecule has 0 unspecified atom stereocenters. The lowest BCUT2D eigenvalue weighted by atomic mass is 10.1. The quantitative estimate of drug-likeness (QED) is 0.558. The Kier molecular flexibility index (Phi) is 6.75. The number of primary amides is 1. The van der Waals surface area contributed by atoms with Gasteiger partial charge in [-0.05, 0) is 41.5 Å². The zero-order valence-corrected chi connectivity index (χ0v) is 14.4. The van der Waals surface area contributed by atoms with Crippen LogP contribution in [-0.2, 0) is 22.3 Å². The second-order valence-electron chi connectivity index (χ2n) is 5.67. The first kappa shape index (κ1) is 20.9. The van der Waals surface area contributed by atoms with E-state index in [2.05, 4.69) is 5.32 Å². The highest BCUT2D eigenvalue weighted by atomic mass is 19.4. The molecule has 0 spiro atoms. The summed E-state index contributed by atoms with van der Waals surface area (Å²) in [6, 6.07) is 8.62. The van der Waals surface area contributed by atoms with Gasteiger partial charge in [-0.2, -0.15) is 13.2 Å². The number of carbonyl (C=O) groups excluding carboxylic acids is 2. The first-order chi connectivity index (χ1) is 13.1. The van der Waals surface area contributed by atoms with Crippen LogP contribution in [0.3, 0.4) is 0 Å². The lowest BCUT2D eigenvalue weighted by molar-refractivity contribution is -0.138. The van der Waals surface area contributed by atoms with Gasteiger partial charge in [0.05, 0.1) is 5.56 Å². The maximum Gasteiger partial charge on any atom is 0.416 e. The third kappa shape index (κ3) is 6.42. The molecule has 148 valence electrons. The fourth-order valence-electron chi connectivity index (χ4n) is 2.21. The predicted octanol–water partition coefficient (Wildman–Crippen LogP) is 3.04. The van der Waals surface area contributed by atoms with Crippen molar-refractivity contribution in [2.45, 2.75) is 12.7 Å². The van der Waals surface area contributed by atoms with Crippen molar-refractivity contribution >= 4 is 17.9 Å². The van der Waals surface area contributed by atoms with Gasteiger partial charge in [0.1, 0.15) is 11.6 Å². The summed E-state index contributed by atoms with van der Waals surface area (Å²) in [5, 5.41) is 2.32. The van der Waals surface area contributed by atoms with Gasteiger partial charge in [0, 0.05) is 12.6 Å². The summed E-state index contributed by atoms with van der Waals surface area (Å²) in [7, 11) is 0. The first-order valence-corrected chi connectivity index (χ1v) is 7.98. The van der Waals surface area contributed by atoms with E-state index in [1.807, 2.05) is 0 Å². The summed E-state index contributed by atoms with van der Waals surface area (Å²) in [6.45, 7) is -0.668. The third-order valence-electron chi connectivity index (χ3n) is 3.52. The highest BCUT2D eigenvalue weighted by Crippen LogP contribution is 2.32. The number of alkyl halides is 3. The molecule has 0 bridgehead atoms. The molecule has 2 aromatic rings.